The van der Waals surface area contributed by atoms with Gasteiger partial charge in [0.05, 0.1) is 22.9 Å². The molecule has 172 valence electrons. The molecule has 2 N–H and O–H groups in total. The van der Waals surface area contributed by atoms with Gasteiger partial charge in [-0.3, -0.25) is 9.59 Å². The highest BCUT2D eigenvalue weighted by Gasteiger charge is 2.16. The van der Waals surface area contributed by atoms with Gasteiger partial charge in [0.15, 0.2) is 6.61 Å². The van der Waals surface area contributed by atoms with Crippen LogP contribution < -0.4 is 10.6 Å². The number of nitriles is 1. The summed E-state index contributed by atoms with van der Waals surface area (Å²) in [4.78, 5) is 37.7. The molecule has 0 heterocycles. The largest absolute Gasteiger partial charge is 0.452 e. The molecule has 0 bridgehead atoms. The van der Waals surface area contributed by atoms with E-state index in [9.17, 15) is 14.4 Å². The summed E-state index contributed by atoms with van der Waals surface area (Å²) in [7, 11) is 0. The zero-order valence-electron chi connectivity index (χ0n) is 18.1. The number of hydrogen-bond donors (Lipinski definition) is 2. The number of esters is 1. The highest BCUT2D eigenvalue weighted by molar-refractivity contribution is 8.00. The van der Waals surface area contributed by atoms with Crippen molar-refractivity contribution in [2.75, 3.05) is 23.0 Å². The van der Waals surface area contributed by atoms with E-state index in [-0.39, 0.29) is 17.2 Å². The number of amides is 2. The summed E-state index contributed by atoms with van der Waals surface area (Å²) in [6.45, 7) is 1.30. The fraction of sp³-hybridized carbons (Fsp3) is 0.120. The highest BCUT2D eigenvalue weighted by Crippen LogP contribution is 2.25. The second-order valence-electron chi connectivity index (χ2n) is 7.06. The maximum absolute atomic E-state index is 12.6. The number of ether oxygens (including phenoxy) is 1. The summed E-state index contributed by atoms with van der Waals surface area (Å²) >= 11 is 7.21. The third kappa shape index (κ3) is 6.85. The Morgan fingerprint density at radius 2 is 1.76 bits per heavy atom. The van der Waals surface area contributed by atoms with E-state index >= 15 is 0 Å². The van der Waals surface area contributed by atoms with Gasteiger partial charge < -0.3 is 15.4 Å². The molecule has 0 aliphatic heterocycles. The molecule has 0 aliphatic rings. The van der Waals surface area contributed by atoms with Crippen LogP contribution in [0.1, 0.15) is 21.5 Å². The molecule has 2 amide bonds. The Kier molecular flexibility index (Phi) is 8.68. The Morgan fingerprint density at radius 3 is 2.56 bits per heavy atom. The molecular formula is C25H20ClN3O4S. The number of hydrogen-bond acceptors (Lipinski definition) is 6. The fourth-order valence-electron chi connectivity index (χ4n) is 2.91. The van der Waals surface area contributed by atoms with Crippen molar-refractivity contribution in [3.8, 4) is 6.07 Å². The molecule has 3 aromatic carbocycles. The van der Waals surface area contributed by atoms with E-state index in [2.05, 4.69) is 10.6 Å². The van der Waals surface area contributed by atoms with Crippen LogP contribution in [0.2, 0.25) is 5.02 Å². The van der Waals surface area contributed by atoms with Crippen molar-refractivity contribution < 1.29 is 19.1 Å². The third-order valence-electron chi connectivity index (χ3n) is 4.62. The average molecular weight is 494 g/mol. The maximum atomic E-state index is 12.6. The standard InChI is InChI=1S/C25H20ClN3O4S/c1-16-20(26)9-5-10-21(16)29-23(30)14-33-25(32)19-8-2-3-11-22(19)34-15-24(31)28-18-7-4-6-17(12-18)13-27/h2-12H,14-15H2,1H3,(H,28,31)(H,29,30). The average Bonchev–Trinajstić information content (AvgIpc) is 2.84. The first-order chi connectivity index (χ1) is 16.4. The first kappa shape index (κ1) is 24.8. The number of halogens is 1. The van der Waals surface area contributed by atoms with Crippen LogP contribution in [-0.2, 0) is 14.3 Å². The van der Waals surface area contributed by atoms with Crippen molar-refractivity contribution in [2.24, 2.45) is 0 Å². The van der Waals surface area contributed by atoms with Crippen LogP contribution in [0.15, 0.2) is 71.6 Å². The quantitative estimate of drug-likeness (QED) is 0.336. The van der Waals surface area contributed by atoms with Gasteiger partial charge in [0, 0.05) is 21.3 Å². The first-order valence-corrected chi connectivity index (χ1v) is 11.5. The molecule has 0 aliphatic carbocycles. The normalized spacial score (nSPS) is 10.1. The van der Waals surface area contributed by atoms with Gasteiger partial charge in [0.2, 0.25) is 5.91 Å². The van der Waals surface area contributed by atoms with E-state index in [0.29, 0.717) is 32.4 Å². The monoisotopic (exact) mass is 493 g/mol. The Hall–Kier alpha value is -3.80. The van der Waals surface area contributed by atoms with Crippen LogP contribution in [0, 0.1) is 18.3 Å². The molecule has 0 unspecified atom stereocenters. The van der Waals surface area contributed by atoms with E-state index in [1.807, 2.05) is 6.07 Å². The predicted octanol–water partition coefficient (Wildman–Crippen LogP) is 5.05. The lowest BCUT2D eigenvalue weighted by atomic mass is 10.2. The number of rotatable bonds is 8. The van der Waals surface area contributed by atoms with Gasteiger partial charge in [-0.05, 0) is 55.0 Å². The molecule has 34 heavy (non-hydrogen) atoms. The topological polar surface area (TPSA) is 108 Å². The summed E-state index contributed by atoms with van der Waals surface area (Å²) in [6, 6.07) is 20.4. The van der Waals surface area contributed by atoms with Crippen molar-refractivity contribution in [3.05, 3.63) is 88.4 Å². The van der Waals surface area contributed by atoms with Crippen LogP contribution in [0.25, 0.3) is 0 Å². The van der Waals surface area contributed by atoms with Crippen LogP contribution in [0.5, 0.6) is 0 Å². The summed E-state index contributed by atoms with van der Waals surface area (Å²) in [5.74, 6) is -1.43. The molecule has 0 saturated carbocycles. The van der Waals surface area contributed by atoms with Crippen molar-refractivity contribution in [3.63, 3.8) is 0 Å². The van der Waals surface area contributed by atoms with Crippen molar-refractivity contribution in [1.82, 2.24) is 0 Å². The van der Waals surface area contributed by atoms with Crippen LogP contribution in [-0.4, -0.2) is 30.1 Å². The maximum Gasteiger partial charge on any atom is 0.339 e. The van der Waals surface area contributed by atoms with E-state index in [1.54, 1.807) is 73.7 Å². The van der Waals surface area contributed by atoms with Crippen molar-refractivity contribution in [2.45, 2.75) is 11.8 Å². The zero-order valence-corrected chi connectivity index (χ0v) is 19.7. The van der Waals surface area contributed by atoms with Gasteiger partial charge in [-0.15, -0.1) is 11.8 Å². The zero-order chi connectivity index (χ0) is 24.5. The van der Waals surface area contributed by atoms with Crippen molar-refractivity contribution >= 4 is 52.5 Å². The first-order valence-electron chi connectivity index (χ1n) is 10.1. The summed E-state index contributed by atoms with van der Waals surface area (Å²) in [6.07, 6.45) is 0. The number of anilines is 2. The molecule has 0 spiro atoms. The number of nitrogens with zero attached hydrogens (tertiary/aromatic N) is 1. The SMILES string of the molecule is Cc1c(Cl)cccc1NC(=O)COC(=O)c1ccccc1SCC(=O)Nc1cccc(C#N)c1. The number of benzene rings is 3. The summed E-state index contributed by atoms with van der Waals surface area (Å²) in [5, 5.41) is 14.9. The van der Waals surface area contributed by atoms with E-state index in [1.165, 1.54) is 0 Å². The molecular weight excluding hydrogens is 474 g/mol. The second-order valence-corrected chi connectivity index (χ2v) is 8.49. The second kappa shape index (κ2) is 11.9. The molecule has 0 radical (unpaired) electrons. The van der Waals surface area contributed by atoms with Crippen LogP contribution in [0.4, 0.5) is 11.4 Å². The van der Waals surface area contributed by atoms with Gasteiger partial charge in [-0.25, -0.2) is 4.79 Å². The predicted molar refractivity (Wildman–Crippen MR) is 132 cm³/mol. The molecule has 0 aromatic heterocycles. The summed E-state index contributed by atoms with van der Waals surface area (Å²) < 4.78 is 5.17. The lowest BCUT2D eigenvalue weighted by Crippen LogP contribution is -2.21. The molecule has 3 rings (SSSR count). The van der Waals surface area contributed by atoms with Gasteiger partial charge >= 0.3 is 5.97 Å². The van der Waals surface area contributed by atoms with E-state index in [0.717, 1.165) is 11.8 Å². The molecule has 0 fully saturated rings. The Balaban J connectivity index is 1.55. The Labute approximate surface area is 206 Å². The van der Waals surface area contributed by atoms with Crippen LogP contribution >= 0.6 is 23.4 Å². The van der Waals surface area contributed by atoms with Crippen LogP contribution in [0.3, 0.4) is 0 Å². The minimum absolute atomic E-state index is 0.0373. The van der Waals surface area contributed by atoms with Gasteiger partial charge in [-0.2, -0.15) is 5.26 Å². The number of carbonyl (C=O) groups excluding carboxylic acids is 3. The smallest absolute Gasteiger partial charge is 0.339 e. The van der Waals surface area contributed by atoms with Crippen molar-refractivity contribution in [1.29, 1.82) is 5.26 Å². The molecule has 0 atom stereocenters. The number of carbonyl (C=O) groups is 3. The molecule has 0 saturated heterocycles. The molecule has 3 aromatic rings. The minimum atomic E-state index is -0.678. The Bertz CT molecular complexity index is 1270. The molecule has 7 nitrogen and oxygen atoms in total. The van der Waals surface area contributed by atoms with E-state index < -0.39 is 18.5 Å². The molecule has 9 heteroatoms. The summed E-state index contributed by atoms with van der Waals surface area (Å²) in [5.41, 5.74) is 2.45. The fourth-order valence-corrected chi connectivity index (χ4v) is 3.92. The van der Waals surface area contributed by atoms with E-state index in [4.69, 9.17) is 21.6 Å². The minimum Gasteiger partial charge on any atom is -0.452 e. The van der Waals surface area contributed by atoms with Gasteiger partial charge in [0.25, 0.3) is 5.91 Å². The Morgan fingerprint density at radius 1 is 1.00 bits per heavy atom. The van der Waals surface area contributed by atoms with Gasteiger partial charge in [-0.1, -0.05) is 35.9 Å². The number of thioether (sulfide) groups is 1. The van der Waals surface area contributed by atoms with Gasteiger partial charge in [0.1, 0.15) is 0 Å². The number of nitrogens with one attached hydrogen (secondary N) is 2. The highest BCUT2D eigenvalue weighted by atomic mass is 35.5. The lowest BCUT2D eigenvalue weighted by molar-refractivity contribution is -0.119. The lowest BCUT2D eigenvalue weighted by Gasteiger charge is -2.11. The third-order valence-corrected chi connectivity index (χ3v) is 6.10.